The quantitative estimate of drug-likeness (QED) is 0.889. The number of aromatic nitrogens is 2. The molecule has 3 rings (SSSR count). The largest absolute Gasteiger partial charge is 0.351 e. The molecule has 0 spiro atoms. The predicted molar refractivity (Wildman–Crippen MR) is 100 cm³/mol. The van der Waals surface area contributed by atoms with Crippen molar-refractivity contribution in [2.75, 3.05) is 36.4 Å². The highest BCUT2D eigenvalue weighted by molar-refractivity contribution is 6.31. The van der Waals surface area contributed by atoms with E-state index in [-0.39, 0.29) is 11.8 Å². The van der Waals surface area contributed by atoms with Gasteiger partial charge >= 0.3 is 6.03 Å². The number of carbonyl (C=O) groups is 1. The van der Waals surface area contributed by atoms with Crippen molar-refractivity contribution in [3.63, 3.8) is 0 Å². The van der Waals surface area contributed by atoms with Crippen LogP contribution in [0.15, 0.2) is 24.5 Å². The number of benzene rings is 1. The van der Waals surface area contributed by atoms with Crippen LogP contribution in [0.2, 0.25) is 5.02 Å². The first kappa shape index (κ1) is 18.4. The molecule has 1 saturated heterocycles. The van der Waals surface area contributed by atoms with Crippen molar-refractivity contribution in [3.8, 4) is 0 Å². The summed E-state index contributed by atoms with van der Waals surface area (Å²) in [4.78, 5) is 24.0. The number of hydrogen-bond acceptors (Lipinski definition) is 4. The van der Waals surface area contributed by atoms with E-state index in [0.29, 0.717) is 54.8 Å². The first-order chi connectivity index (χ1) is 12.5. The van der Waals surface area contributed by atoms with Crippen molar-refractivity contribution in [2.45, 2.75) is 20.3 Å². The summed E-state index contributed by atoms with van der Waals surface area (Å²) in [5.41, 5.74) is 2.02. The normalized spacial score (nSPS) is 14.5. The van der Waals surface area contributed by atoms with Gasteiger partial charge in [0, 0.05) is 36.9 Å². The number of nitrogens with zero attached hydrogens (tertiary/aromatic N) is 4. The van der Waals surface area contributed by atoms with Gasteiger partial charge < -0.3 is 15.1 Å². The van der Waals surface area contributed by atoms with Crippen molar-refractivity contribution in [2.24, 2.45) is 0 Å². The first-order valence-electron chi connectivity index (χ1n) is 8.56. The molecular weight excluding hydrogens is 357 g/mol. The second-order valence-corrected chi connectivity index (χ2v) is 6.59. The lowest BCUT2D eigenvalue weighted by atomic mass is 10.2. The van der Waals surface area contributed by atoms with E-state index < -0.39 is 0 Å². The Bertz CT molecular complexity index is 808. The molecule has 0 bridgehead atoms. The molecule has 0 atom stereocenters. The third-order valence-corrected chi connectivity index (χ3v) is 4.87. The monoisotopic (exact) mass is 377 g/mol. The van der Waals surface area contributed by atoms with Gasteiger partial charge in [0.05, 0.1) is 5.69 Å². The second-order valence-electron chi connectivity index (χ2n) is 6.18. The van der Waals surface area contributed by atoms with Gasteiger partial charge in [0.2, 0.25) is 0 Å². The van der Waals surface area contributed by atoms with Gasteiger partial charge in [0.15, 0.2) is 11.6 Å². The van der Waals surface area contributed by atoms with E-state index in [0.717, 1.165) is 5.56 Å². The minimum absolute atomic E-state index is 0.193. The number of aryl methyl sites for hydroxylation is 2. The lowest BCUT2D eigenvalue weighted by Crippen LogP contribution is -2.50. The van der Waals surface area contributed by atoms with Gasteiger partial charge in [-0.2, -0.15) is 0 Å². The summed E-state index contributed by atoms with van der Waals surface area (Å²) >= 11 is 6.09. The van der Waals surface area contributed by atoms with Gasteiger partial charge in [0.25, 0.3) is 0 Å². The van der Waals surface area contributed by atoms with Crippen molar-refractivity contribution in [1.82, 2.24) is 14.9 Å². The SMILES string of the molecule is CCc1ncnc(N2CCN(C(=O)Nc3ccc(C)c(Cl)c3)CC2)c1F. The lowest BCUT2D eigenvalue weighted by molar-refractivity contribution is 0.208. The second kappa shape index (κ2) is 7.86. The third-order valence-electron chi connectivity index (χ3n) is 4.47. The summed E-state index contributed by atoms with van der Waals surface area (Å²) in [6.45, 7) is 5.75. The van der Waals surface area contributed by atoms with Crippen molar-refractivity contribution >= 4 is 29.1 Å². The minimum atomic E-state index is -0.373. The van der Waals surface area contributed by atoms with Crippen LogP contribution in [0.3, 0.4) is 0 Å². The number of carbonyl (C=O) groups excluding carboxylic acids is 1. The smallest absolute Gasteiger partial charge is 0.321 e. The number of hydrogen-bond donors (Lipinski definition) is 1. The fourth-order valence-corrected chi connectivity index (χ4v) is 3.04. The first-order valence-corrected chi connectivity index (χ1v) is 8.93. The molecule has 138 valence electrons. The lowest BCUT2D eigenvalue weighted by Gasteiger charge is -2.35. The zero-order chi connectivity index (χ0) is 18.7. The molecule has 26 heavy (non-hydrogen) atoms. The van der Waals surface area contributed by atoms with Crippen LogP contribution in [-0.2, 0) is 6.42 Å². The molecule has 1 fully saturated rings. The van der Waals surface area contributed by atoms with Gasteiger partial charge in [0.1, 0.15) is 6.33 Å². The Balaban J connectivity index is 1.61. The minimum Gasteiger partial charge on any atom is -0.351 e. The average molecular weight is 378 g/mol. The molecule has 8 heteroatoms. The third kappa shape index (κ3) is 3.88. The van der Waals surface area contributed by atoms with Crippen molar-refractivity contribution in [1.29, 1.82) is 0 Å². The van der Waals surface area contributed by atoms with Gasteiger partial charge in [-0.15, -0.1) is 0 Å². The molecule has 1 aliphatic rings. The summed E-state index contributed by atoms with van der Waals surface area (Å²) in [5, 5.41) is 3.46. The molecule has 2 heterocycles. The Morgan fingerprint density at radius 3 is 2.65 bits per heavy atom. The number of halogens is 2. The zero-order valence-corrected chi connectivity index (χ0v) is 15.6. The number of rotatable bonds is 3. The van der Waals surface area contributed by atoms with Crippen LogP contribution in [-0.4, -0.2) is 47.1 Å². The van der Waals surface area contributed by atoms with Crippen LogP contribution < -0.4 is 10.2 Å². The summed E-state index contributed by atoms with van der Waals surface area (Å²) in [6, 6.07) is 5.21. The molecule has 1 aromatic carbocycles. The summed E-state index contributed by atoms with van der Waals surface area (Å²) in [7, 11) is 0. The van der Waals surface area contributed by atoms with Crippen LogP contribution in [0, 0.1) is 12.7 Å². The molecule has 2 amide bonds. The number of amides is 2. The molecule has 1 aromatic heterocycles. The Hall–Kier alpha value is -2.41. The standard InChI is InChI=1S/C18H21ClFN5O/c1-3-15-16(20)17(22-11-21-15)24-6-8-25(9-7-24)18(26)23-13-5-4-12(2)14(19)10-13/h4-5,10-11H,3,6-9H2,1-2H3,(H,23,26). The molecule has 0 radical (unpaired) electrons. The fourth-order valence-electron chi connectivity index (χ4n) is 2.86. The Labute approximate surface area is 157 Å². The van der Waals surface area contributed by atoms with E-state index in [2.05, 4.69) is 15.3 Å². The highest BCUT2D eigenvalue weighted by Gasteiger charge is 2.24. The average Bonchev–Trinajstić information content (AvgIpc) is 2.65. The molecule has 0 saturated carbocycles. The van der Waals surface area contributed by atoms with E-state index in [9.17, 15) is 9.18 Å². The molecule has 0 unspecified atom stereocenters. The van der Waals surface area contributed by atoms with E-state index in [1.165, 1.54) is 6.33 Å². The van der Waals surface area contributed by atoms with E-state index in [4.69, 9.17) is 11.6 Å². The van der Waals surface area contributed by atoms with Crippen LogP contribution in [0.4, 0.5) is 20.7 Å². The maximum absolute atomic E-state index is 14.4. The maximum atomic E-state index is 14.4. The topological polar surface area (TPSA) is 61.4 Å². The van der Waals surface area contributed by atoms with Gasteiger partial charge in [-0.25, -0.2) is 19.2 Å². The Kier molecular flexibility index (Phi) is 5.56. The van der Waals surface area contributed by atoms with Crippen LogP contribution >= 0.6 is 11.6 Å². The van der Waals surface area contributed by atoms with E-state index >= 15 is 0 Å². The number of urea groups is 1. The molecule has 1 aliphatic heterocycles. The molecular formula is C18H21ClFN5O. The summed E-state index contributed by atoms with van der Waals surface area (Å²) in [6.07, 6.45) is 1.90. The number of anilines is 2. The summed E-state index contributed by atoms with van der Waals surface area (Å²) in [5.74, 6) is -0.0653. The van der Waals surface area contributed by atoms with Crippen molar-refractivity contribution < 1.29 is 9.18 Å². The highest BCUT2D eigenvalue weighted by atomic mass is 35.5. The highest BCUT2D eigenvalue weighted by Crippen LogP contribution is 2.22. The van der Waals surface area contributed by atoms with Crippen LogP contribution in [0.5, 0.6) is 0 Å². The number of nitrogens with one attached hydrogen (secondary N) is 1. The maximum Gasteiger partial charge on any atom is 0.321 e. The summed E-state index contributed by atoms with van der Waals surface area (Å²) < 4.78 is 14.4. The molecule has 0 aliphatic carbocycles. The van der Waals surface area contributed by atoms with E-state index in [1.54, 1.807) is 11.0 Å². The van der Waals surface area contributed by atoms with Gasteiger partial charge in [-0.3, -0.25) is 0 Å². The van der Waals surface area contributed by atoms with Gasteiger partial charge in [-0.05, 0) is 31.0 Å². The van der Waals surface area contributed by atoms with Crippen LogP contribution in [0.1, 0.15) is 18.2 Å². The molecule has 2 aromatic rings. The van der Waals surface area contributed by atoms with Crippen LogP contribution in [0.25, 0.3) is 0 Å². The molecule has 6 nitrogen and oxygen atoms in total. The zero-order valence-electron chi connectivity index (χ0n) is 14.8. The molecule has 1 N–H and O–H groups in total. The van der Waals surface area contributed by atoms with Gasteiger partial charge in [-0.1, -0.05) is 24.6 Å². The van der Waals surface area contributed by atoms with Crippen molar-refractivity contribution in [3.05, 3.63) is 46.6 Å². The Morgan fingerprint density at radius 1 is 1.27 bits per heavy atom. The van der Waals surface area contributed by atoms with E-state index in [1.807, 2.05) is 30.9 Å². The number of piperazine rings is 1. The fraction of sp³-hybridized carbons (Fsp3) is 0.389. The Morgan fingerprint density at radius 2 is 2.00 bits per heavy atom. The predicted octanol–water partition coefficient (Wildman–Crippen LogP) is 3.49.